The van der Waals surface area contributed by atoms with E-state index in [9.17, 15) is 9.59 Å². The predicted octanol–water partition coefficient (Wildman–Crippen LogP) is 5.09. The second-order valence-electron chi connectivity index (χ2n) is 9.88. The number of nitrogens with zero attached hydrogens (tertiary/aromatic N) is 2. The van der Waals surface area contributed by atoms with Crippen LogP contribution in [0.5, 0.6) is 17.2 Å². The molecule has 0 N–H and O–H groups in total. The van der Waals surface area contributed by atoms with Gasteiger partial charge in [0, 0.05) is 23.5 Å². The molecule has 0 radical (unpaired) electrons. The molecule has 0 fully saturated rings. The Balaban J connectivity index is 1.35. The number of hydrogen-bond acceptors (Lipinski definition) is 6. The van der Waals surface area contributed by atoms with Gasteiger partial charge in [0.1, 0.15) is 18.9 Å². The van der Waals surface area contributed by atoms with Gasteiger partial charge in [0.25, 0.3) is 5.91 Å². The average Bonchev–Trinajstić information content (AvgIpc) is 3.56. The minimum absolute atomic E-state index is 0.00574. The number of fused-ring (bicyclic) bond motifs is 2. The van der Waals surface area contributed by atoms with Crippen molar-refractivity contribution < 1.29 is 23.8 Å². The van der Waals surface area contributed by atoms with Crippen molar-refractivity contribution >= 4 is 23.2 Å². The highest BCUT2D eigenvalue weighted by molar-refractivity contribution is 7.10. The number of ether oxygens (including phenoxy) is 3. The first-order chi connectivity index (χ1) is 17.9. The van der Waals surface area contributed by atoms with Gasteiger partial charge in [-0.05, 0) is 66.1 Å². The molecule has 37 heavy (non-hydrogen) atoms. The van der Waals surface area contributed by atoms with Gasteiger partial charge in [0.2, 0.25) is 12.7 Å². The van der Waals surface area contributed by atoms with Crippen LogP contribution in [0.15, 0.2) is 53.9 Å². The molecule has 194 valence electrons. The van der Waals surface area contributed by atoms with Crippen LogP contribution in [0.1, 0.15) is 46.3 Å². The minimum Gasteiger partial charge on any atom is -0.491 e. The lowest BCUT2D eigenvalue weighted by molar-refractivity contribution is -0.135. The summed E-state index contributed by atoms with van der Waals surface area (Å²) >= 11 is 1.72. The summed E-state index contributed by atoms with van der Waals surface area (Å²) in [6.07, 6.45) is 0.805. The molecule has 1 aromatic heterocycles. The molecule has 0 spiro atoms. The van der Waals surface area contributed by atoms with Gasteiger partial charge in [-0.3, -0.25) is 9.59 Å². The zero-order valence-electron chi connectivity index (χ0n) is 21.4. The molecule has 2 aliphatic heterocycles. The topological polar surface area (TPSA) is 68.3 Å². The summed E-state index contributed by atoms with van der Waals surface area (Å²) in [4.78, 5) is 32.1. The molecule has 8 heteroatoms. The van der Waals surface area contributed by atoms with Crippen LogP contribution in [-0.4, -0.2) is 54.6 Å². The minimum atomic E-state index is -0.205. The fraction of sp³-hybridized carbons (Fsp3) is 0.379. The Kier molecular flexibility index (Phi) is 7.37. The highest BCUT2D eigenvalue weighted by Gasteiger charge is 2.34. The smallest absolute Gasteiger partial charge is 0.254 e. The van der Waals surface area contributed by atoms with Crippen LogP contribution in [0.3, 0.4) is 0 Å². The summed E-state index contributed by atoms with van der Waals surface area (Å²) in [7, 11) is 0. The van der Waals surface area contributed by atoms with E-state index in [-0.39, 0.29) is 37.1 Å². The first-order valence-electron chi connectivity index (χ1n) is 12.6. The molecule has 7 nitrogen and oxygen atoms in total. The standard InChI is InChI=1S/C29H32N2O5S/c1-19(2)15-30(29(33)21-8-9-25-26(14-21)36-18-35-25)16-28(32)31-12-10-27-22(11-13-37-27)23(31)17-34-24-7-5-4-6-20(24)3/h4-9,11,13-14,19,23H,10,12,15-18H2,1-3H3/t23-/m0/s1. The molecule has 5 rings (SSSR count). The first kappa shape index (κ1) is 25.1. The van der Waals surface area contributed by atoms with Crippen molar-refractivity contribution in [2.75, 3.05) is 33.0 Å². The average molecular weight is 521 g/mol. The molecule has 3 aromatic rings. The van der Waals surface area contributed by atoms with Gasteiger partial charge in [-0.2, -0.15) is 0 Å². The Hall–Kier alpha value is -3.52. The SMILES string of the molecule is Cc1ccccc1OC[C@H]1c2ccsc2CCN1C(=O)CN(CC(C)C)C(=O)c1ccc2c(c1)OCO2. The number of thiophene rings is 1. The third-order valence-electron chi connectivity index (χ3n) is 6.72. The van der Waals surface area contributed by atoms with Crippen LogP contribution < -0.4 is 14.2 Å². The quantitative estimate of drug-likeness (QED) is 0.414. The first-order valence-corrected chi connectivity index (χ1v) is 13.5. The van der Waals surface area contributed by atoms with E-state index in [1.54, 1.807) is 34.4 Å². The van der Waals surface area contributed by atoms with E-state index in [4.69, 9.17) is 14.2 Å². The molecule has 0 unspecified atom stereocenters. The summed E-state index contributed by atoms with van der Waals surface area (Å²) in [5, 5.41) is 2.08. The monoisotopic (exact) mass is 520 g/mol. The van der Waals surface area contributed by atoms with Crippen LogP contribution in [0.25, 0.3) is 0 Å². The molecule has 0 saturated heterocycles. The Morgan fingerprint density at radius 3 is 2.76 bits per heavy atom. The highest BCUT2D eigenvalue weighted by atomic mass is 32.1. The van der Waals surface area contributed by atoms with Crippen LogP contribution in [-0.2, 0) is 11.2 Å². The fourth-order valence-corrected chi connectivity index (χ4v) is 5.82. The molecule has 1 atom stereocenters. The third-order valence-corrected chi connectivity index (χ3v) is 7.72. The second-order valence-corrected chi connectivity index (χ2v) is 10.9. The number of aryl methyl sites for hydroxylation is 1. The highest BCUT2D eigenvalue weighted by Crippen LogP contribution is 2.35. The summed E-state index contributed by atoms with van der Waals surface area (Å²) in [5.74, 6) is 1.93. The van der Waals surface area contributed by atoms with E-state index in [1.807, 2.05) is 49.9 Å². The fourth-order valence-electron chi connectivity index (χ4n) is 4.89. The van der Waals surface area contributed by atoms with Crippen molar-refractivity contribution in [2.45, 2.75) is 33.2 Å². The summed E-state index contributed by atoms with van der Waals surface area (Å²) in [6.45, 7) is 7.69. The van der Waals surface area contributed by atoms with Gasteiger partial charge in [-0.25, -0.2) is 0 Å². The van der Waals surface area contributed by atoms with E-state index in [0.717, 1.165) is 23.3 Å². The lowest BCUT2D eigenvalue weighted by Gasteiger charge is -2.37. The summed E-state index contributed by atoms with van der Waals surface area (Å²) in [6, 6.07) is 15.0. The van der Waals surface area contributed by atoms with E-state index in [1.165, 1.54) is 4.88 Å². The van der Waals surface area contributed by atoms with E-state index in [2.05, 4.69) is 11.4 Å². The molecule has 0 aliphatic carbocycles. The van der Waals surface area contributed by atoms with E-state index in [0.29, 0.717) is 36.8 Å². The maximum Gasteiger partial charge on any atom is 0.254 e. The Morgan fingerprint density at radius 2 is 1.95 bits per heavy atom. The number of para-hydroxylation sites is 1. The molecule has 2 aromatic carbocycles. The molecule has 2 amide bonds. The third kappa shape index (κ3) is 5.44. The summed E-state index contributed by atoms with van der Waals surface area (Å²) in [5.41, 5.74) is 2.67. The van der Waals surface area contributed by atoms with Crippen LogP contribution in [0.2, 0.25) is 0 Å². The zero-order valence-corrected chi connectivity index (χ0v) is 22.3. The number of amides is 2. The van der Waals surface area contributed by atoms with Crippen molar-refractivity contribution in [3.05, 3.63) is 75.5 Å². The number of carbonyl (C=O) groups excluding carboxylic acids is 2. The Labute approximate surface area is 221 Å². The molecule has 0 bridgehead atoms. The van der Waals surface area contributed by atoms with Crippen molar-refractivity contribution in [1.29, 1.82) is 0 Å². The van der Waals surface area contributed by atoms with Gasteiger partial charge in [0.15, 0.2) is 11.5 Å². The lowest BCUT2D eigenvalue weighted by atomic mass is 10.00. The van der Waals surface area contributed by atoms with Gasteiger partial charge in [-0.15, -0.1) is 11.3 Å². The maximum atomic E-state index is 13.8. The Morgan fingerprint density at radius 1 is 1.14 bits per heavy atom. The molecule has 2 aliphatic rings. The lowest BCUT2D eigenvalue weighted by Crippen LogP contribution is -2.48. The van der Waals surface area contributed by atoms with Crippen LogP contribution in [0.4, 0.5) is 0 Å². The van der Waals surface area contributed by atoms with Gasteiger partial charge >= 0.3 is 0 Å². The number of carbonyl (C=O) groups is 2. The molecule has 3 heterocycles. The second kappa shape index (κ2) is 10.8. The van der Waals surface area contributed by atoms with Crippen molar-refractivity contribution in [3.8, 4) is 17.2 Å². The predicted molar refractivity (Wildman–Crippen MR) is 142 cm³/mol. The van der Waals surface area contributed by atoms with Crippen molar-refractivity contribution in [1.82, 2.24) is 9.80 Å². The van der Waals surface area contributed by atoms with Crippen LogP contribution >= 0.6 is 11.3 Å². The van der Waals surface area contributed by atoms with Gasteiger partial charge < -0.3 is 24.0 Å². The number of benzene rings is 2. The normalized spacial score (nSPS) is 16.0. The molecular formula is C29H32N2O5S. The molecule has 0 saturated carbocycles. The van der Waals surface area contributed by atoms with Crippen molar-refractivity contribution in [2.24, 2.45) is 5.92 Å². The number of hydrogen-bond donors (Lipinski definition) is 0. The molecular weight excluding hydrogens is 488 g/mol. The van der Waals surface area contributed by atoms with Crippen molar-refractivity contribution in [3.63, 3.8) is 0 Å². The summed E-state index contributed by atoms with van der Waals surface area (Å²) < 4.78 is 17.1. The van der Waals surface area contributed by atoms with E-state index < -0.39 is 0 Å². The zero-order chi connectivity index (χ0) is 25.9. The van der Waals surface area contributed by atoms with Crippen LogP contribution in [0, 0.1) is 12.8 Å². The number of rotatable bonds is 8. The Bertz CT molecular complexity index is 1290. The van der Waals surface area contributed by atoms with E-state index >= 15 is 0 Å². The van der Waals surface area contributed by atoms with Gasteiger partial charge in [0.05, 0.1) is 6.04 Å². The van der Waals surface area contributed by atoms with Gasteiger partial charge in [-0.1, -0.05) is 32.0 Å². The maximum absolute atomic E-state index is 13.8. The largest absolute Gasteiger partial charge is 0.491 e.